The van der Waals surface area contributed by atoms with Crippen LogP contribution in [-0.4, -0.2) is 20.0 Å². The van der Waals surface area contributed by atoms with E-state index in [9.17, 15) is 27.6 Å². The lowest BCUT2D eigenvalue weighted by Crippen LogP contribution is -2.39. The van der Waals surface area contributed by atoms with Gasteiger partial charge in [0.25, 0.3) is 5.56 Å². The zero-order chi connectivity index (χ0) is 28.9. The van der Waals surface area contributed by atoms with Crippen molar-refractivity contribution >= 4 is 28.4 Å². The number of nitrogens with zero attached hydrogens (tertiary/aromatic N) is 3. The molecule has 40 heavy (non-hydrogen) atoms. The number of hydrogen-bond donors (Lipinski definition) is 1. The molecule has 0 radical (unpaired) electrons. The molecular formula is C28H17ClF4N4O3. The zero-order valence-electron chi connectivity index (χ0n) is 20.5. The lowest BCUT2D eigenvalue weighted by molar-refractivity contribution is 0.100. The highest BCUT2D eigenvalue weighted by Crippen LogP contribution is 2.32. The summed E-state index contributed by atoms with van der Waals surface area (Å²) in [5.41, 5.74) is 3.89. The van der Waals surface area contributed by atoms with Crippen molar-refractivity contribution in [3.8, 4) is 16.8 Å². The molecule has 2 aromatic heterocycles. The molecule has 5 rings (SSSR count). The second-order valence-corrected chi connectivity index (χ2v) is 9.42. The average Bonchev–Trinajstić information content (AvgIpc) is 2.89. The first-order valence-corrected chi connectivity index (χ1v) is 12.0. The van der Waals surface area contributed by atoms with Gasteiger partial charge in [-0.05, 0) is 72.1 Å². The van der Waals surface area contributed by atoms with Crippen molar-refractivity contribution < 1.29 is 22.4 Å². The smallest absolute Gasteiger partial charge is 0.336 e. The number of pyridine rings is 1. The first-order valence-electron chi connectivity index (χ1n) is 11.6. The number of hydrogen-bond acceptors (Lipinski definition) is 4. The number of fused-ring (bicyclic) bond motifs is 1. The Morgan fingerprint density at radius 2 is 1.65 bits per heavy atom. The van der Waals surface area contributed by atoms with Crippen LogP contribution in [0.5, 0.6) is 0 Å². The summed E-state index contributed by atoms with van der Waals surface area (Å²) in [7, 11) is 0. The van der Waals surface area contributed by atoms with Gasteiger partial charge in [-0.15, -0.1) is 0 Å². The van der Waals surface area contributed by atoms with Gasteiger partial charge in [-0.3, -0.25) is 19.1 Å². The molecule has 0 spiro atoms. The maximum atomic E-state index is 15.7. The standard InChI is InChI=1S/C28H17ClF4N4O3/c1-13-4-17(11-35-10-13)37-27(39)24-20(30)8-16(18-7-15(26(34)38)2-3-19(18)29)9-23(24)36(28(37)40)12-14-5-21(31)25(33)22(32)6-14/h2-11H,12H2,1H3,(H2,34,38). The van der Waals surface area contributed by atoms with Gasteiger partial charge in [0.2, 0.25) is 5.91 Å². The van der Waals surface area contributed by atoms with Crippen molar-refractivity contribution in [2.75, 3.05) is 0 Å². The quantitative estimate of drug-likeness (QED) is 0.241. The van der Waals surface area contributed by atoms with Crippen LogP contribution in [0.1, 0.15) is 21.5 Å². The minimum atomic E-state index is -1.70. The minimum absolute atomic E-state index is 0.0304. The second-order valence-electron chi connectivity index (χ2n) is 9.01. The summed E-state index contributed by atoms with van der Waals surface area (Å²) in [5.74, 6) is -6.51. The normalized spacial score (nSPS) is 11.2. The first-order chi connectivity index (χ1) is 19.0. The molecule has 0 aliphatic carbocycles. The average molecular weight is 569 g/mol. The lowest BCUT2D eigenvalue weighted by Gasteiger charge is -2.17. The summed E-state index contributed by atoms with van der Waals surface area (Å²) < 4.78 is 59.0. The highest BCUT2D eigenvalue weighted by Gasteiger charge is 2.21. The number of amides is 1. The summed E-state index contributed by atoms with van der Waals surface area (Å²) in [6.45, 7) is 1.10. The van der Waals surface area contributed by atoms with Crippen molar-refractivity contribution in [3.05, 3.63) is 127 Å². The Bertz CT molecular complexity index is 1970. The highest BCUT2D eigenvalue weighted by atomic mass is 35.5. The van der Waals surface area contributed by atoms with E-state index in [-0.39, 0.29) is 38.5 Å². The van der Waals surface area contributed by atoms with Crippen LogP contribution < -0.4 is 17.0 Å². The van der Waals surface area contributed by atoms with Crippen LogP contribution in [-0.2, 0) is 6.54 Å². The fraction of sp³-hybridized carbons (Fsp3) is 0.0714. The van der Waals surface area contributed by atoms with Gasteiger partial charge in [0.05, 0.1) is 23.9 Å². The molecule has 0 aliphatic heterocycles. The van der Waals surface area contributed by atoms with Gasteiger partial charge >= 0.3 is 5.69 Å². The van der Waals surface area contributed by atoms with Crippen LogP contribution in [0.15, 0.2) is 70.5 Å². The molecule has 7 nitrogen and oxygen atoms in total. The maximum absolute atomic E-state index is 15.7. The van der Waals surface area contributed by atoms with E-state index in [0.717, 1.165) is 10.6 Å². The van der Waals surface area contributed by atoms with Crippen molar-refractivity contribution in [2.45, 2.75) is 13.5 Å². The third-order valence-electron chi connectivity index (χ3n) is 6.26. The van der Waals surface area contributed by atoms with Gasteiger partial charge in [-0.2, -0.15) is 0 Å². The molecular weight excluding hydrogens is 552 g/mol. The molecule has 0 unspecified atom stereocenters. The molecule has 202 valence electrons. The first kappa shape index (κ1) is 26.8. The molecule has 2 N–H and O–H groups in total. The van der Waals surface area contributed by atoms with E-state index in [1.165, 1.54) is 42.7 Å². The molecule has 2 heterocycles. The fourth-order valence-corrected chi connectivity index (χ4v) is 4.64. The van der Waals surface area contributed by atoms with Crippen LogP contribution in [0.25, 0.3) is 27.7 Å². The predicted molar refractivity (Wildman–Crippen MR) is 141 cm³/mol. The van der Waals surface area contributed by atoms with Crippen LogP contribution >= 0.6 is 11.6 Å². The van der Waals surface area contributed by atoms with Crippen molar-refractivity contribution in [1.82, 2.24) is 14.1 Å². The van der Waals surface area contributed by atoms with Gasteiger partial charge in [0.15, 0.2) is 17.5 Å². The number of primary amides is 1. The van der Waals surface area contributed by atoms with Gasteiger partial charge in [0.1, 0.15) is 11.2 Å². The Hall–Kier alpha value is -4.77. The van der Waals surface area contributed by atoms with Crippen LogP contribution in [0.4, 0.5) is 17.6 Å². The molecule has 1 amide bonds. The highest BCUT2D eigenvalue weighted by molar-refractivity contribution is 6.33. The van der Waals surface area contributed by atoms with Gasteiger partial charge in [-0.25, -0.2) is 26.9 Å². The van der Waals surface area contributed by atoms with E-state index >= 15 is 4.39 Å². The van der Waals surface area contributed by atoms with Crippen molar-refractivity contribution in [1.29, 1.82) is 0 Å². The monoisotopic (exact) mass is 568 g/mol. The number of benzene rings is 3. The SMILES string of the molecule is Cc1cncc(-n2c(=O)c3c(F)cc(-c4cc(C(N)=O)ccc4Cl)cc3n(Cc3cc(F)c(F)c(F)c3)c2=O)c1. The van der Waals surface area contributed by atoms with Crippen molar-refractivity contribution in [3.63, 3.8) is 0 Å². The topological polar surface area (TPSA) is 100.0 Å². The molecule has 5 aromatic rings. The van der Waals surface area contributed by atoms with E-state index in [2.05, 4.69) is 4.98 Å². The molecule has 3 aromatic carbocycles. The van der Waals surface area contributed by atoms with E-state index in [0.29, 0.717) is 22.3 Å². The molecule has 0 saturated carbocycles. The van der Waals surface area contributed by atoms with Crippen molar-refractivity contribution in [2.24, 2.45) is 5.73 Å². The number of aryl methyl sites for hydroxylation is 1. The number of rotatable bonds is 5. The lowest BCUT2D eigenvalue weighted by atomic mass is 10.0. The molecule has 0 saturated heterocycles. The third-order valence-corrected chi connectivity index (χ3v) is 6.59. The molecule has 0 aliphatic rings. The largest absolute Gasteiger partial charge is 0.366 e. The summed E-state index contributed by atoms with van der Waals surface area (Å²) in [6, 6.07) is 9.19. The van der Waals surface area contributed by atoms with Gasteiger partial charge in [-0.1, -0.05) is 11.6 Å². The summed E-state index contributed by atoms with van der Waals surface area (Å²) in [5, 5.41) is -0.408. The van der Waals surface area contributed by atoms with E-state index in [1.807, 2.05) is 0 Å². The number of carbonyl (C=O) groups is 1. The van der Waals surface area contributed by atoms with Crippen LogP contribution in [0.3, 0.4) is 0 Å². The number of aromatic nitrogens is 3. The van der Waals surface area contributed by atoms with Gasteiger partial charge < -0.3 is 5.73 Å². The zero-order valence-corrected chi connectivity index (χ0v) is 21.3. The Balaban J connectivity index is 1.87. The predicted octanol–water partition coefficient (Wildman–Crippen LogP) is 4.88. The number of nitrogens with two attached hydrogens (primary N) is 1. The molecule has 0 fully saturated rings. The summed E-state index contributed by atoms with van der Waals surface area (Å²) in [6.07, 6.45) is 2.71. The minimum Gasteiger partial charge on any atom is -0.366 e. The van der Waals surface area contributed by atoms with Crippen LogP contribution in [0, 0.1) is 30.2 Å². The van der Waals surface area contributed by atoms with Crippen LogP contribution in [0.2, 0.25) is 5.02 Å². The van der Waals surface area contributed by atoms with Gasteiger partial charge in [0, 0.05) is 22.3 Å². The fourth-order valence-electron chi connectivity index (χ4n) is 4.42. The third kappa shape index (κ3) is 4.64. The summed E-state index contributed by atoms with van der Waals surface area (Å²) >= 11 is 6.31. The Morgan fingerprint density at radius 3 is 2.30 bits per heavy atom. The maximum Gasteiger partial charge on any atom is 0.336 e. The Labute approximate surface area is 227 Å². The number of carbonyl (C=O) groups excluding carboxylic acids is 1. The Kier molecular flexibility index (Phi) is 6.76. The molecule has 12 heteroatoms. The van der Waals surface area contributed by atoms with E-state index in [4.69, 9.17) is 17.3 Å². The summed E-state index contributed by atoms with van der Waals surface area (Å²) in [4.78, 5) is 43.0. The number of halogens is 5. The molecule has 0 atom stereocenters. The van der Waals surface area contributed by atoms with E-state index in [1.54, 1.807) is 6.92 Å². The Morgan fingerprint density at radius 1 is 0.950 bits per heavy atom. The molecule has 0 bridgehead atoms. The van der Waals surface area contributed by atoms with E-state index < -0.39 is 52.4 Å². The second kappa shape index (κ2) is 10.1.